The van der Waals surface area contributed by atoms with E-state index in [0.717, 1.165) is 18.4 Å². The normalized spacial score (nSPS) is 16.5. The summed E-state index contributed by atoms with van der Waals surface area (Å²) in [5, 5.41) is 0. The first-order chi connectivity index (χ1) is 14.8. The molecule has 7 heteroatoms. The molecule has 0 radical (unpaired) electrons. The molecule has 1 aliphatic heterocycles. The number of aromatic nitrogens is 1. The molecule has 31 heavy (non-hydrogen) atoms. The van der Waals surface area contributed by atoms with E-state index in [2.05, 4.69) is 4.98 Å². The fraction of sp³-hybridized carbons (Fsp3) is 0.333. The van der Waals surface area contributed by atoms with E-state index in [4.69, 9.17) is 9.15 Å². The smallest absolute Gasteiger partial charge is 0.266 e. The maximum Gasteiger partial charge on any atom is 0.266 e. The highest BCUT2D eigenvalue weighted by atomic mass is 19.1. The molecule has 3 aromatic rings. The van der Waals surface area contributed by atoms with E-state index in [-0.39, 0.29) is 23.6 Å². The van der Waals surface area contributed by atoms with Crippen LogP contribution in [0.1, 0.15) is 49.9 Å². The van der Waals surface area contributed by atoms with Gasteiger partial charge in [-0.3, -0.25) is 4.79 Å². The number of benzene rings is 2. The lowest BCUT2D eigenvalue weighted by molar-refractivity contribution is -0.146. The van der Waals surface area contributed by atoms with Crippen molar-refractivity contribution in [3.05, 3.63) is 83.6 Å². The van der Waals surface area contributed by atoms with Crippen molar-refractivity contribution in [1.82, 2.24) is 9.88 Å². The zero-order valence-electron chi connectivity index (χ0n) is 17.5. The third kappa shape index (κ3) is 4.76. The standard InChI is InChI=1S/C24H24F2N2O3/c1-24(2,31-19-10-8-17(25)9-11-19)23(29)28-12-4-7-21(28)22-27-15-20(30-22)14-16-5-3-6-18(26)13-16/h3,5-6,8-11,13,15,21H,4,7,12,14H2,1-2H3. The van der Waals surface area contributed by atoms with E-state index >= 15 is 0 Å². The van der Waals surface area contributed by atoms with E-state index in [0.29, 0.717) is 30.4 Å². The zero-order chi connectivity index (χ0) is 22.0. The van der Waals surface area contributed by atoms with Gasteiger partial charge < -0.3 is 14.1 Å². The number of carbonyl (C=O) groups excluding carboxylic acids is 1. The first-order valence-electron chi connectivity index (χ1n) is 10.3. The minimum Gasteiger partial charge on any atom is -0.478 e. The zero-order valence-corrected chi connectivity index (χ0v) is 17.5. The van der Waals surface area contributed by atoms with Crippen LogP contribution in [0, 0.1) is 11.6 Å². The Balaban J connectivity index is 1.47. The minimum absolute atomic E-state index is 0.191. The third-order valence-electron chi connectivity index (χ3n) is 5.34. The number of amides is 1. The summed E-state index contributed by atoms with van der Waals surface area (Å²) >= 11 is 0. The average Bonchev–Trinajstić information content (AvgIpc) is 3.38. The Bertz CT molecular complexity index is 1060. The molecule has 1 fully saturated rings. The molecule has 2 heterocycles. The number of likely N-dealkylation sites (tertiary alicyclic amines) is 1. The van der Waals surface area contributed by atoms with Crippen LogP contribution in [0.15, 0.2) is 59.1 Å². The van der Waals surface area contributed by atoms with Gasteiger partial charge >= 0.3 is 0 Å². The quantitative estimate of drug-likeness (QED) is 0.553. The van der Waals surface area contributed by atoms with Crippen molar-refractivity contribution in [2.45, 2.75) is 44.8 Å². The molecule has 0 N–H and O–H groups in total. The number of ether oxygens (including phenoxy) is 1. The Morgan fingerprint density at radius 3 is 2.71 bits per heavy atom. The van der Waals surface area contributed by atoms with Crippen LogP contribution in [0.3, 0.4) is 0 Å². The van der Waals surface area contributed by atoms with Gasteiger partial charge in [-0.05, 0) is 68.7 Å². The molecule has 1 saturated heterocycles. The van der Waals surface area contributed by atoms with Gasteiger partial charge in [-0.1, -0.05) is 12.1 Å². The van der Waals surface area contributed by atoms with E-state index in [1.54, 1.807) is 31.0 Å². The minimum atomic E-state index is -1.14. The summed E-state index contributed by atoms with van der Waals surface area (Å²) < 4.78 is 38.4. The Labute approximate surface area is 179 Å². The predicted molar refractivity (Wildman–Crippen MR) is 111 cm³/mol. The van der Waals surface area contributed by atoms with Crippen LogP contribution >= 0.6 is 0 Å². The van der Waals surface area contributed by atoms with Gasteiger partial charge in [0.25, 0.3) is 5.91 Å². The van der Waals surface area contributed by atoms with Crippen molar-refractivity contribution in [2.75, 3.05) is 6.54 Å². The van der Waals surface area contributed by atoms with Crippen molar-refractivity contribution >= 4 is 5.91 Å². The third-order valence-corrected chi connectivity index (χ3v) is 5.34. The highest BCUT2D eigenvalue weighted by Gasteiger charge is 2.41. The molecular weight excluding hydrogens is 402 g/mol. The number of rotatable bonds is 6. The van der Waals surface area contributed by atoms with Crippen LogP contribution in [0.2, 0.25) is 0 Å². The fourth-order valence-corrected chi connectivity index (χ4v) is 3.86. The molecule has 0 bridgehead atoms. The molecule has 1 amide bonds. The number of nitrogens with zero attached hydrogens (tertiary/aromatic N) is 2. The van der Waals surface area contributed by atoms with E-state index in [1.807, 2.05) is 6.07 Å². The molecule has 5 nitrogen and oxygen atoms in total. The van der Waals surface area contributed by atoms with Gasteiger partial charge in [0.15, 0.2) is 5.60 Å². The predicted octanol–water partition coefficient (Wildman–Crippen LogP) is 5.06. The molecule has 1 aliphatic rings. The molecular formula is C24H24F2N2O3. The largest absolute Gasteiger partial charge is 0.478 e. The summed E-state index contributed by atoms with van der Waals surface area (Å²) in [7, 11) is 0. The summed E-state index contributed by atoms with van der Waals surface area (Å²) in [6.45, 7) is 3.96. The summed E-state index contributed by atoms with van der Waals surface area (Å²) in [5.41, 5.74) is -0.354. The molecule has 162 valence electrons. The van der Waals surface area contributed by atoms with E-state index in [9.17, 15) is 13.6 Å². The van der Waals surface area contributed by atoms with Gasteiger partial charge in [0.05, 0.1) is 6.20 Å². The molecule has 1 unspecified atom stereocenters. The van der Waals surface area contributed by atoms with Crippen molar-refractivity contribution in [3.8, 4) is 5.75 Å². The molecule has 2 aromatic carbocycles. The second-order valence-corrected chi connectivity index (χ2v) is 8.19. The first-order valence-corrected chi connectivity index (χ1v) is 10.3. The van der Waals surface area contributed by atoms with Gasteiger partial charge in [0, 0.05) is 13.0 Å². The van der Waals surface area contributed by atoms with E-state index < -0.39 is 5.60 Å². The lowest BCUT2D eigenvalue weighted by Crippen LogP contribution is -2.48. The van der Waals surface area contributed by atoms with Gasteiger partial charge in [-0.15, -0.1) is 0 Å². The molecule has 1 atom stereocenters. The monoisotopic (exact) mass is 426 g/mol. The van der Waals surface area contributed by atoms with E-state index in [1.165, 1.54) is 36.4 Å². The number of oxazole rings is 1. The van der Waals surface area contributed by atoms with Crippen molar-refractivity contribution in [3.63, 3.8) is 0 Å². The Morgan fingerprint density at radius 2 is 1.97 bits per heavy atom. The second kappa shape index (κ2) is 8.49. The Hall–Kier alpha value is -3.22. The maximum atomic E-state index is 13.4. The number of hydrogen-bond donors (Lipinski definition) is 0. The summed E-state index contributed by atoms with van der Waals surface area (Å²) in [6.07, 6.45) is 3.61. The number of carbonyl (C=O) groups is 1. The van der Waals surface area contributed by atoms with Crippen molar-refractivity contribution in [2.24, 2.45) is 0 Å². The lowest BCUT2D eigenvalue weighted by Gasteiger charge is -2.32. The second-order valence-electron chi connectivity index (χ2n) is 8.19. The Morgan fingerprint density at radius 1 is 1.19 bits per heavy atom. The fourth-order valence-electron chi connectivity index (χ4n) is 3.86. The molecule has 0 aliphatic carbocycles. The van der Waals surface area contributed by atoms with Gasteiger partial charge in [0.1, 0.15) is 29.2 Å². The van der Waals surface area contributed by atoms with Crippen LogP contribution in [0.25, 0.3) is 0 Å². The van der Waals surface area contributed by atoms with Crippen LogP contribution in [-0.4, -0.2) is 27.9 Å². The van der Waals surface area contributed by atoms with Gasteiger partial charge in [-0.25, -0.2) is 13.8 Å². The molecule has 0 saturated carbocycles. The lowest BCUT2D eigenvalue weighted by atomic mass is 10.1. The van der Waals surface area contributed by atoms with Gasteiger partial charge in [0.2, 0.25) is 5.89 Å². The maximum absolute atomic E-state index is 13.4. The highest BCUT2D eigenvalue weighted by molar-refractivity contribution is 5.85. The molecule has 0 spiro atoms. The van der Waals surface area contributed by atoms with Crippen LogP contribution in [0.5, 0.6) is 5.75 Å². The summed E-state index contributed by atoms with van der Waals surface area (Å²) in [6, 6.07) is 11.6. The number of hydrogen-bond acceptors (Lipinski definition) is 4. The topological polar surface area (TPSA) is 55.6 Å². The Kier molecular flexibility index (Phi) is 5.76. The average molecular weight is 426 g/mol. The van der Waals surface area contributed by atoms with Crippen LogP contribution in [0.4, 0.5) is 8.78 Å². The highest BCUT2D eigenvalue weighted by Crippen LogP contribution is 2.34. The van der Waals surface area contributed by atoms with Crippen LogP contribution < -0.4 is 4.74 Å². The number of halogens is 2. The summed E-state index contributed by atoms with van der Waals surface area (Å²) in [4.78, 5) is 19.4. The van der Waals surface area contributed by atoms with Crippen LogP contribution in [-0.2, 0) is 11.2 Å². The first kappa shape index (κ1) is 21.0. The van der Waals surface area contributed by atoms with Crippen molar-refractivity contribution in [1.29, 1.82) is 0 Å². The molecule has 1 aromatic heterocycles. The summed E-state index contributed by atoms with van der Waals surface area (Å²) in [5.74, 6) is 0.645. The van der Waals surface area contributed by atoms with Gasteiger partial charge in [-0.2, -0.15) is 0 Å². The molecule has 4 rings (SSSR count). The SMILES string of the molecule is CC(C)(Oc1ccc(F)cc1)C(=O)N1CCCC1c1ncc(Cc2cccc(F)c2)o1. The van der Waals surface area contributed by atoms with Crippen molar-refractivity contribution < 1.29 is 22.7 Å².